The number of thiol groups is 3. The van der Waals surface area contributed by atoms with Crippen LogP contribution in [0.3, 0.4) is 0 Å². The molecule has 0 aromatic carbocycles. The molecule has 278 valence electrons. The molecule has 0 N–H and O–H groups in total. The van der Waals surface area contributed by atoms with Crippen molar-refractivity contribution >= 4 is 73.9 Å². The Balaban J connectivity index is -0.000000163. The Kier molecular flexibility index (Phi) is 81.3. The third kappa shape index (κ3) is 77.2. The Hall–Kier alpha value is 2.20. The normalized spacial score (nSPS) is 10.1. The van der Waals surface area contributed by atoms with Gasteiger partial charge in [0.1, 0.15) is 0 Å². The smallest absolute Gasteiger partial charge is 0.197 e. The molecule has 0 nitrogen and oxygen atoms in total. The molecule has 0 aliphatic heterocycles. The van der Waals surface area contributed by atoms with Gasteiger partial charge in [0.2, 0.25) is 0 Å². The van der Waals surface area contributed by atoms with Crippen LogP contribution in [0.2, 0.25) is 4.44 Å². The molecule has 0 atom stereocenters. The summed E-state index contributed by atoms with van der Waals surface area (Å²) in [7, 11) is 0. The van der Waals surface area contributed by atoms with Crippen molar-refractivity contribution in [2.24, 2.45) is 0 Å². The summed E-state index contributed by atoms with van der Waals surface area (Å²) >= 11 is 14.1. The summed E-state index contributed by atoms with van der Waals surface area (Å²) < 4.78 is 1.47. The molecule has 0 saturated carbocycles. The molecule has 0 aliphatic rings. The second-order valence-corrected chi connectivity index (χ2v) is 15.8. The maximum atomic E-state index is 4.20. The maximum Gasteiger partial charge on any atom is -0.197 e. The summed E-state index contributed by atoms with van der Waals surface area (Å²) in [4.78, 5) is 0. The van der Waals surface area contributed by atoms with Crippen molar-refractivity contribution in [1.29, 1.82) is 0 Å². The second kappa shape index (κ2) is 64.7. The molecule has 0 fully saturated rings. The zero-order valence-electron chi connectivity index (χ0n) is 31.9. The maximum absolute atomic E-state index is 4.20. The quantitative estimate of drug-likeness (QED) is 0.0336. The SMILES string of the molecule is CCCCCCCCCCCCS.CCCCCCCCCCCCS.CCCCCCCCCCCCS.CCC[CH2][SnH].S. The van der Waals surface area contributed by atoms with Crippen molar-refractivity contribution in [3.8, 4) is 0 Å². The third-order valence-corrected chi connectivity index (χ3v) is 10.2. The van der Waals surface area contributed by atoms with Crippen LogP contribution in [0.5, 0.6) is 0 Å². The van der Waals surface area contributed by atoms with Crippen molar-refractivity contribution in [3.63, 3.8) is 0 Å². The van der Waals surface area contributed by atoms with Crippen LogP contribution in [0.4, 0.5) is 0 Å². The first-order valence-corrected chi connectivity index (χ1v) is 24.4. The number of rotatable bonds is 32. The van der Waals surface area contributed by atoms with Crippen LogP contribution in [0.25, 0.3) is 0 Å². The van der Waals surface area contributed by atoms with Gasteiger partial charge in [-0.3, -0.25) is 0 Å². The monoisotopic (exact) mass is 818 g/mol. The summed E-state index contributed by atoms with van der Waals surface area (Å²) in [6.07, 6.45) is 45.4. The van der Waals surface area contributed by atoms with Gasteiger partial charge in [-0.2, -0.15) is 51.4 Å². The van der Waals surface area contributed by atoms with E-state index in [9.17, 15) is 0 Å². The van der Waals surface area contributed by atoms with Gasteiger partial charge in [0.15, 0.2) is 0 Å². The van der Waals surface area contributed by atoms with Crippen molar-refractivity contribution in [3.05, 3.63) is 0 Å². The molecular weight excluding hydrogens is 727 g/mol. The van der Waals surface area contributed by atoms with E-state index in [0.29, 0.717) is 0 Å². The molecule has 0 heterocycles. The van der Waals surface area contributed by atoms with E-state index in [2.05, 4.69) is 65.6 Å². The van der Waals surface area contributed by atoms with Gasteiger partial charge in [-0.1, -0.05) is 194 Å². The molecule has 0 bridgehead atoms. The standard InChI is InChI=1S/3C12H26S.C4H9.H2S.Sn.H/c3*1-2-3-4-5-6-7-8-9-10-11-12-13;1-3-4-2;;;/h3*13H,2-12H2,1H3;1,3-4H2,2H3;1H2;;. The van der Waals surface area contributed by atoms with E-state index in [1.165, 1.54) is 232 Å². The van der Waals surface area contributed by atoms with Gasteiger partial charge in [-0.05, 0) is 36.5 Å². The average molecular weight is 818 g/mol. The zero-order chi connectivity index (χ0) is 33.5. The predicted octanol–water partition coefficient (Wildman–Crippen LogP) is 15.7. The first-order chi connectivity index (χ1) is 21.7. The molecule has 0 saturated heterocycles. The number of hydrogen-bond acceptors (Lipinski definition) is 3. The Bertz CT molecular complexity index is 314. The molecule has 0 aliphatic carbocycles. The van der Waals surface area contributed by atoms with Gasteiger partial charge >= 0.3 is 46.7 Å². The molecule has 5 heteroatoms. The van der Waals surface area contributed by atoms with Gasteiger partial charge in [0.25, 0.3) is 0 Å². The number of unbranched alkanes of at least 4 members (excludes halogenated alkanes) is 28. The molecule has 0 amide bonds. The molecule has 0 aromatic rings. The van der Waals surface area contributed by atoms with E-state index < -0.39 is 0 Å². The fraction of sp³-hybridized carbons (Fsp3) is 1.00. The van der Waals surface area contributed by atoms with Crippen LogP contribution in [0.1, 0.15) is 233 Å². The van der Waals surface area contributed by atoms with Crippen molar-refractivity contribution < 1.29 is 0 Å². The molecular formula is C40H90S4Sn. The minimum absolute atomic E-state index is 0. The Morgan fingerprint density at radius 2 is 0.422 bits per heavy atom. The Morgan fingerprint density at radius 1 is 0.267 bits per heavy atom. The van der Waals surface area contributed by atoms with Gasteiger partial charge in [-0.25, -0.2) is 0 Å². The minimum Gasteiger partial charge on any atom is -0.197 e. The summed E-state index contributed by atoms with van der Waals surface area (Å²) in [5.41, 5.74) is 0. The first-order valence-electron chi connectivity index (χ1n) is 20.2. The first kappa shape index (κ1) is 56.6. The average Bonchev–Trinajstić information content (AvgIpc) is 3.04. The van der Waals surface area contributed by atoms with E-state index in [1.54, 1.807) is 0 Å². The largest absolute Gasteiger partial charge is 0.197 e. The Labute approximate surface area is 326 Å². The molecule has 0 unspecified atom stereocenters. The van der Waals surface area contributed by atoms with Gasteiger partial charge in [0, 0.05) is 0 Å². The summed E-state index contributed by atoms with van der Waals surface area (Å²) in [5.74, 6) is 3.20. The molecule has 45 heavy (non-hydrogen) atoms. The van der Waals surface area contributed by atoms with E-state index in [-0.39, 0.29) is 13.5 Å². The van der Waals surface area contributed by atoms with Gasteiger partial charge in [-0.15, -0.1) is 0 Å². The Morgan fingerprint density at radius 3 is 0.533 bits per heavy atom. The van der Waals surface area contributed by atoms with E-state index in [1.807, 2.05) is 0 Å². The minimum atomic E-state index is 0. The van der Waals surface area contributed by atoms with Gasteiger partial charge in [0.05, 0.1) is 0 Å². The predicted molar refractivity (Wildman–Crippen MR) is 234 cm³/mol. The summed E-state index contributed by atoms with van der Waals surface area (Å²) in [6.45, 7) is 9.06. The van der Waals surface area contributed by atoms with Crippen molar-refractivity contribution in [2.45, 2.75) is 238 Å². The molecule has 0 rings (SSSR count). The third-order valence-electron chi connectivity index (χ3n) is 8.09. The topological polar surface area (TPSA) is 0 Å². The molecule has 0 spiro atoms. The van der Waals surface area contributed by atoms with Crippen LogP contribution >= 0.6 is 51.4 Å². The fourth-order valence-electron chi connectivity index (χ4n) is 5.00. The van der Waals surface area contributed by atoms with Crippen LogP contribution in [-0.4, -0.2) is 39.8 Å². The van der Waals surface area contributed by atoms with E-state index >= 15 is 0 Å². The van der Waals surface area contributed by atoms with E-state index in [4.69, 9.17) is 0 Å². The molecule has 2 radical (unpaired) electrons. The van der Waals surface area contributed by atoms with Crippen LogP contribution in [0, 0.1) is 0 Å². The number of hydrogen-bond donors (Lipinski definition) is 3. The van der Waals surface area contributed by atoms with Crippen molar-refractivity contribution in [1.82, 2.24) is 0 Å². The zero-order valence-corrected chi connectivity index (χ0v) is 38.9. The van der Waals surface area contributed by atoms with Crippen LogP contribution < -0.4 is 0 Å². The van der Waals surface area contributed by atoms with Crippen LogP contribution in [-0.2, 0) is 0 Å². The van der Waals surface area contributed by atoms with Gasteiger partial charge < -0.3 is 0 Å². The van der Waals surface area contributed by atoms with Crippen molar-refractivity contribution in [2.75, 3.05) is 17.3 Å². The fourth-order valence-corrected chi connectivity index (χ4v) is 6.84. The van der Waals surface area contributed by atoms with Crippen LogP contribution in [0.15, 0.2) is 0 Å². The van der Waals surface area contributed by atoms with E-state index in [0.717, 1.165) is 17.3 Å². The second-order valence-electron chi connectivity index (χ2n) is 12.9. The molecule has 0 aromatic heterocycles. The summed E-state index contributed by atoms with van der Waals surface area (Å²) in [5, 5.41) is 0. The summed E-state index contributed by atoms with van der Waals surface area (Å²) in [6, 6.07) is 0.